The summed E-state index contributed by atoms with van der Waals surface area (Å²) in [4.78, 5) is 20.1. The Hall–Kier alpha value is -3.24. The number of nitrogens with one attached hydrogen (secondary N) is 1. The number of aromatic nitrogens is 4. The molecule has 4 heterocycles. The summed E-state index contributed by atoms with van der Waals surface area (Å²) in [7, 11) is 1.71. The first-order valence-electron chi connectivity index (χ1n) is 13.1. The summed E-state index contributed by atoms with van der Waals surface area (Å²) < 4.78 is 36.9. The first-order chi connectivity index (χ1) is 18.1. The molecule has 200 valence electrons. The minimum absolute atomic E-state index is 0.0187. The van der Waals surface area contributed by atoms with Gasteiger partial charge in [-0.1, -0.05) is 12.1 Å². The molecule has 3 aromatic rings. The molecule has 2 aromatic heterocycles. The largest absolute Gasteiger partial charge is 0.379 e. The van der Waals surface area contributed by atoms with E-state index in [2.05, 4.69) is 31.5 Å². The average molecular weight is 523 g/mol. The minimum atomic E-state index is -1.41. The lowest BCUT2D eigenvalue weighted by molar-refractivity contribution is -0.102. The van der Waals surface area contributed by atoms with E-state index in [1.54, 1.807) is 42.8 Å². The van der Waals surface area contributed by atoms with Gasteiger partial charge in [-0.2, -0.15) is 0 Å². The summed E-state index contributed by atoms with van der Waals surface area (Å²) >= 11 is 0. The molecule has 0 radical (unpaired) electrons. The zero-order valence-electron chi connectivity index (χ0n) is 21.8. The third-order valence-corrected chi connectivity index (χ3v) is 8.06. The van der Waals surface area contributed by atoms with Gasteiger partial charge >= 0.3 is 0 Å². The van der Waals surface area contributed by atoms with Crippen molar-refractivity contribution in [3.63, 3.8) is 0 Å². The monoisotopic (exact) mass is 522 g/mol. The molecular formula is C28H32F2N6O2. The van der Waals surface area contributed by atoms with Crippen molar-refractivity contribution in [3.8, 4) is 0 Å². The van der Waals surface area contributed by atoms with Gasteiger partial charge in [-0.15, -0.1) is 10.2 Å². The molecule has 8 nitrogen and oxygen atoms in total. The molecule has 6 rings (SSSR count). The highest BCUT2D eigenvalue weighted by atomic mass is 19.1. The summed E-state index contributed by atoms with van der Waals surface area (Å²) in [5, 5.41) is 10.7. The van der Waals surface area contributed by atoms with Crippen molar-refractivity contribution >= 4 is 11.6 Å². The van der Waals surface area contributed by atoms with Crippen LogP contribution in [0.3, 0.4) is 0 Å². The summed E-state index contributed by atoms with van der Waals surface area (Å²) in [6, 6.07) is 11.1. The van der Waals surface area contributed by atoms with E-state index in [0.717, 1.165) is 29.7 Å². The predicted octanol–water partition coefficient (Wildman–Crippen LogP) is 4.42. The number of hydrogen-bond acceptors (Lipinski definition) is 6. The molecule has 1 aromatic carbocycles. The number of ether oxygens (including phenoxy) is 1. The number of likely N-dealkylation sites (tertiary alicyclic amines) is 1. The van der Waals surface area contributed by atoms with Gasteiger partial charge in [0.05, 0.1) is 18.6 Å². The molecule has 3 aliphatic rings. The minimum Gasteiger partial charge on any atom is -0.379 e. The van der Waals surface area contributed by atoms with Gasteiger partial charge in [0, 0.05) is 43.5 Å². The Kier molecular flexibility index (Phi) is 6.07. The molecular weight excluding hydrogens is 490 g/mol. The quantitative estimate of drug-likeness (QED) is 0.471. The van der Waals surface area contributed by atoms with Gasteiger partial charge < -0.3 is 14.6 Å². The molecule has 10 heteroatoms. The Bertz CT molecular complexity index is 1360. The molecule has 1 amide bonds. The molecule has 1 unspecified atom stereocenters. The van der Waals surface area contributed by atoms with Gasteiger partial charge in [-0.25, -0.2) is 13.8 Å². The molecule has 38 heavy (non-hydrogen) atoms. The predicted molar refractivity (Wildman–Crippen MR) is 137 cm³/mol. The van der Waals surface area contributed by atoms with Crippen LogP contribution in [-0.4, -0.2) is 62.5 Å². The normalized spacial score (nSPS) is 21.7. The molecule has 2 saturated heterocycles. The van der Waals surface area contributed by atoms with E-state index in [1.165, 1.54) is 6.33 Å². The third kappa shape index (κ3) is 4.49. The molecule has 1 aliphatic carbocycles. The number of benzene rings is 1. The summed E-state index contributed by atoms with van der Waals surface area (Å²) in [5.74, 6) is 0.266. The molecule has 0 spiro atoms. The Morgan fingerprint density at radius 3 is 2.58 bits per heavy atom. The highest BCUT2D eigenvalue weighted by Crippen LogP contribution is 2.46. The van der Waals surface area contributed by atoms with Crippen LogP contribution in [0.1, 0.15) is 78.0 Å². The second-order valence-electron chi connectivity index (χ2n) is 11.3. The lowest BCUT2D eigenvalue weighted by atomic mass is 9.74. The molecule has 3 fully saturated rings. The fourth-order valence-corrected chi connectivity index (χ4v) is 5.46. The van der Waals surface area contributed by atoms with Crippen LogP contribution >= 0.6 is 0 Å². The maximum absolute atomic E-state index is 15.7. The first-order valence-corrected chi connectivity index (χ1v) is 13.1. The van der Waals surface area contributed by atoms with Gasteiger partial charge in [-0.05, 0) is 62.1 Å². The number of amides is 1. The van der Waals surface area contributed by atoms with E-state index in [1.807, 2.05) is 13.0 Å². The molecule has 2 aliphatic heterocycles. The van der Waals surface area contributed by atoms with Gasteiger partial charge in [0.25, 0.3) is 5.91 Å². The fourth-order valence-electron chi connectivity index (χ4n) is 5.46. The lowest BCUT2D eigenvalue weighted by Crippen LogP contribution is -2.57. The zero-order valence-corrected chi connectivity index (χ0v) is 21.8. The Morgan fingerprint density at radius 1 is 1.21 bits per heavy atom. The van der Waals surface area contributed by atoms with E-state index in [0.29, 0.717) is 30.4 Å². The van der Waals surface area contributed by atoms with Crippen LogP contribution in [0.4, 0.5) is 14.5 Å². The number of carbonyl (C=O) groups excluding carboxylic acids is 1. The van der Waals surface area contributed by atoms with Crippen LogP contribution in [0.5, 0.6) is 0 Å². The van der Waals surface area contributed by atoms with Gasteiger partial charge in [0.1, 0.15) is 17.7 Å². The van der Waals surface area contributed by atoms with E-state index in [9.17, 15) is 9.18 Å². The number of alkyl halides is 2. The highest BCUT2D eigenvalue weighted by molar-refractivity contribution is 6.03. The van der Waals surface area contributed by atoms with Crippen molar-refractivity contribution in [2.45, 2.75) is 55.9 Å². The second kappa shape index (κ2) is 9.20. The van der Waals surface area contributed by atoms with Crippen molar-refractivity contribution in [1.82, 2.24) is 24.6 Å². The van der Waals surface area contributed by atoms with E-state index in [-0.39, 0.29) is 31.0 Å². The van der Waals surface area contributed by atoms with Crippen LogP contribution in [0.2, 0.25) is 0 Å². The number of rotatable bonds is 8. The lowest BCUT2D eigenvalue weighted by Gasteiger charge is -2.46. The zero-order chi connectivity index (χ0) is 26.7. The third-order valence-electron chi connectivity index (χ3n) is 8.06. The van der Waals surface area contributed by atoms with Crippen molar-refractivity contribution < 1.29 is 18.3 Å². The Labute approximate surface area is 220 Å². The number of carbonyl (C=O) groups is 1. The van der Waals surface area contributed by atoms with Gasteiger partial charge in [0.2, 0.25) is 0 Å². The van der Waals surface area contributed by atoms with Crippen molar-refractivity contribution in [3.05, 3.63) is 71.1 Å². The number of hydrogen-bond donors (Lipinski definition) is 1. The number of anilines is 1. The van der Waals surface area contributed by atoms with Crippen LogP contribution in [0, 0.1) is 0 Å². The van der Waals surface area contributed by atoms with Crippen LogP contribution in [-0.2, 0) is 17.2 Å². The van der Waals surface area contributed by atoms with Crippen molar-refractivity contribution in [1.29, 1.82) is 0 Å². The number of nitrogens with zero attached hydrogens (tertiary/aromatic N) is 5. The Balaban J connectivity index is 1.24. The number of aryl methyl sites for hydroxylation is 1. The summed E-state index contributed by atoms with van der Waals surface area (Å²) in [6.45, 7) is 4.82. The second-order valence-corrected chi connectivity index (χ2v) is 11.3. The standard InChI is InChI=1S/C28H32F2N6O2/c1-17(36-12-27(2,30)13-36)19-9-22(18-7-8-18)33-23(10-19)26(37)32-21-6-4-5-20(11-21)28(14-38-15-28)24(29)25-34-31-16-35(25)3/h4-6,9-11,16-18,24H,7-8,12-15H2,1-3H3,(H,32,37)/t17-,24?/m1/s1. The van der Waals surface area contributed by atoms with E-state index >= 15 is 4.39 Å². The molecule has 1 N–H and O–H groups in total. The maximum Gasteiger partial charge on any atom is 0.274 e. The smallest absolute Gasteiger partial charge is 0.274 e. The topological polar surface area (TPSA) is 85.2 Å². The summed E-state index contributed by atoms with van der Waals surface area (Å²) in [5.41, 5.74) is 1.40. The SMILES string of the molecule is C[C@H](c1cc(C(=O)Nc2cccc(C3(C(F)c4nncn4C)COC3)c2)nc(C2CC2)c1)N1CC(C)(F)C1. The fraction of sp³-hybridized carbons (Fsp3) is 0.500. The van der Waals surface area contributed by atoms with E-state index < -0.39 is 17.3 Å². The molecule has 1 saturated carbocycles. The van der Waals surface area contributed by atoms with Gasteiger partial charge in [0.15, 0.2) is 12.0 Å². The maximum atomic E-state index is 15.7. The first kappa shape index (κ1) is 25.1. The van der Waals surface area contributed by atoms with Crippen LogP contribution in [0.25, 0.3) is 0 Å². The molecule has 0 bridgehead atoms. The van der Waals surface area contributed by atoms with E-state index in [4.69, 9.17) is 4.74 Å². The number of halogens is 2. The van der Waals surface area contributed by atoms with Gasteiger partial charge in [-0.3, -0.25) is 9.69 Å². The number of pyridine rings is 1. The van der Waals surface area contributed by atoms with Crippen LogP contribution < -0.4 is 5.32 Å². The Morgan fingerprint density at radius 2 is 1.97 bits per heavy atom. The van der Waals surface area contributed by atoms with Crippen LogP contribution in [0.15, 0.2) is 42.7 Å². The average Bonchev–Trinajstić information content (AvgIpc) is 3.61. The van der Waals surface area contributed by atoms with Crippen molar-refractivity contribution in [2.75, 3.05) is 31.6 Å². The van der Waals surface area contributed by atoms with Crippen molar-refractivity contribution in [2.24, 2.45) is 7.05 Å². The highest BCUT2D eigenvalue weighted by Gasteiger charge is 2.50. The summed E-state index contributed by atoms with van der Waals surface area (Å²) in [6.07, 6.45) is 2.17. The molecule has 2 atom stereocenters.